The maximum absolute atomic E-state index is 13.2. The highest BCUT2D eigenvalue weighted by molar-refractivity contribution is 7.89. The molecule has 1 aromatic heterocycles. The number of fused-ring (bicyclic) bond motifs is 1. The molecule has 1 atom stereocenters. The number of piperidine rings is 1. The molecule has 0 bridgehead atoms. The molecule has 1 aliphatic heterocycles. The quantitative estimate of drug-likeness (QED) is 0.661. The van der Waals surface area contributed by atoms with E-state index in [-0.39, 0.29) is 22.9 Å². The van der Waals surface area contributed by atoms with Crippen LogP contribution >= 0.6 is 0 Å². The number of aromatic nitrogens is 2. The van der Waals surface area contributed by atoms with Gasteiger partial charge in [-0.2, -0.15) is 4.31 Å². The van der Waals surface area contributed by atoms with Gasteiger partial charge in [-0.05, 0) is 59.9 Å². The molecular formula is C20H22N4O5S. The number of nitrogens with one attached hydrogen (secondary N) is 1. The van der Waals surface area contributed by atoms with Gasteiger partial charge in [0.15, 0.2) is 5.52 Å². The molecule has 0 saturated carbocycles. The van der Waals surface area contributed by atoms with Gasteiger partial charge in [-0.15, -0.1) is 0 Å². The third-order valence-corrected chi connectivity index (χ3v) is 7.13. The van der Waals surface area contributed by atoms with Crippen molar-refractivity contribution in [1.29, 1.82) is 0 Å². The zero-order chi connectivity index (χ0) is 21.3. The molecule has 0 unspecified atom stereocenters. The Kier molecular flexibility index (Phi) is 5.44. The van der Waals surface area contributed by atoms with Crippen LogP contribution in [0.2, 0.25) is 0 Å². The number of aryl methyl sites for hydroxylation is 1. The van der Waals surface area contributed by atoms with Crippen molar-refractivity contribution in [2.24, 2.45) is 5.92 Å². The van der Waals surface area contributed by atoms with Crippen LogP contribution in [0.15, 0.2) is 45.9 Å². The monoisotopic (exact) mass is 430 g/mol. The summed E-state index contributed by atoms with van der Waals surface area (Å²) in [5, 5.41) is 10.3. The Labute approximate surface area is 174 Å². The van der Waals surface area contributed by atoms with E-state index in [0.29, 0.717) is 36.3 Å². The number of carbonyl (C=O) groups excluding carboxylic acids is 1. The number of carbonyl (C=O) groups is 1. The maximum atomic E-state index is 13.2. The Morgan fingerprint density at radius 3 is 2.90 bits per heavy atom. The molecule has 1 saturated heterocycles. The zero-order valence-electron chi connectivity index (χ0n) is 16.7. The lowest BCUT2D eigenvalue weighted by Gasteiger charge is -2.31. The van der Waals surface area contributed by atoms with Crippen LogP contribution in [0.3, 0.4) is 0 Å². The molecule has 9 nitrogen and oxygen atoms in total. The highest BCUT2D eigenvalue weighted by atomic mass is 32.2. The van der Waals surface area contributed by atoms with Gasteiger partial charge >= 0.3 is 0 Å². The Bertz CT molecular complexity index is 1190. The van der Waals surface area contributed by atoms with Crippen molar-refractivity contribution in [2.45, 2.75) is 24.7 Å². The topological polar surface area (TPSA) is 115 Å². The summed E-state index contributed by atoms with van der Waals surface area (Å²) >= 11 is 0. The lowest BCUT2D eigenvalue weighted by Crippen LogP contribution is -2.43. The molecule has 2 heterocycles. The first-order valence-electron chi connectivity index (χ1n) is 9.57. The van der Waals surface area contributed by atoms with Crippen molar-refractivity contribution in [2.75, 3.05) is 25.5 Å². The van der Waals surface area contributed by atoms with E-state index in [1.165, 1.54) is 17.5 Å². The molecule has 10 heteroatoms. The number of anilines is 1. The molecular weight excluding hydrogens is 408 g/mol. The second-order valence-corrected chi connectivity index (χ2v) is 9.19. The number of hydrogen-bond donors (Lipinski definition) is 1. The number of hydrogen-bond acceptors (Lipinski definition) is 7. The minimum atomic E-state index is -3.85. The van der Waals surface area contributed by atoms with Crippen molar-refractivity contribution in [1.82, 2.24) is 14.6 Å². The minimum absolute atomic E-state index is 0.0302. The molecule has 2 aromatic carbocycles. The van der Waals surface area contributed by atoms with E-state index >= 15 is 0 Å². The Hall–Kier alpha value is -2.98. The Balaban J connectivity index is 1.55. The van der Waals surface area contributed by atoms with Crippen molar-refractivity contribution in [3.05, 3.63) is 42.0 Å². The second-order valence-electron chi connectivity index (χ2n) is 7.28. The average Bonchev–Trinajstić information content (AvgIpc) is 3.23. The summed E-state index contributed by atoms with van der Waals surface area (Å²) in [6.07, 6.45) is 1.18. The summed E-state index contributed by atoms with van der Waals surface area (Å²) in [5.74, 6) is -0.159. The van der Waals surface area contributed by atoms with Crippen LogP contribution < -0.4 is 10.1 Å². The lowest BCUT2D eigenvalue weighted by atomic mass is 9.98. The van der Waals surface area contributed by atoms with Crippen molar-refractivity contribution in [3.63, 3.8) is 0 Å². The van der Waals surface area contributed by atoms with Gasteiger partial charge in [0.25, 0.3) is 0 Å². The third kappa shape index (κ3) is 3.75. The fraction of sp³-hybridized carbons (Fsp3) is 0.350. The zero-order valence-corrected chi connectivity index (χ0v) is 17.5. The molecule has 3 aromatic rings. The highest BCUT2D eigenvalue weighted by Gasteiger charge is 2.35. The van der Waals surface area contributed by atoms with E-state index in [9.17, 15) is 13.2 Å². The van der Waals surface area contributed by atoms with E-state index in [1.807, 2.05) is 19.1 Å². The van der Waals surface area contributed by atoms with Gasteiger partial charge in [0.2, 0.25) is 15.9 Å². The first-order valence-corrected chi connectivity index (χ1v) is 11.0. The standard InChI is InChI=1S/C20H22N4O5S/c1-13-8-9-17(28-2)16(11-13)21-20(25)14-5-4-10-24(12-14)30(26,27)18-7-3-6-15-19(18)23-29-22-15/h3,6-9,11,14H,4-5,10,12H2,1-2H3,(H,21,25)/t14-/m0/s1. The van der Waals surface area contributed by atoms with Crippen LogP contribution in [-0.2, 0) is 14.8 Å². The Morgan fingerprint density at radius 1 is 1.27 bits per heavy atom. The molecule has 1 N–H and O–H groups in total. The van der Waals surface area contributed by atoms with Gasteiger partial charge in [-0.1, -0.05) is 12.1 Å². The summed E-state index contributed by atoms with van der Waals surface area (Å²) in [5.41, 5.74) is 2.11. The summed E-state index contributed by atoms with van der Waals surface area (Å²) in [7, 11) is -2.31. The minimum Gasteiger partial charge on any atom is -0.495 e. The van der Waals surface area contributed by atoms with Crippen LogP contribution in [0.4, 0.5) is 5.69 Å². The molecule has 0 aliphatic carbocycles. The number of methoxy groups -OCH3 is 1. The number of rotatable bonds is 5. The fourth-order valence-electron chi connectivity index (χ4n) is 3.66. The van der Waals surface area contributed by atoms with Gasteiger partial charge in [0, 0.05) is 13.1 Å². The molecule has 1 amide bonds. The largest absolute Gasteiger partial charge is 0.495 e. The van der Waals surface area contributed by atoms with Gasteiger partial charge in [0.1, 0.15) is 16.2 Å². The third-order valence-electron chi connectivity index (χ3n) is 5.23. The smallest absolute Gasteiger partial charge is 0.245 e. The first kappa shape index (κ1) is 20.3. The second kappa shape index (κ2) is 8.04. The van der Waals surface area contributed by atoms with Crippen molar-refractivity contribution >= 4 is 32.7 Å². The van der Waals surface area contributed by atoms with Gasteiger partial charge in [-0.25, -0.2) is 13.0 Å². The molecule has 0 radical (unpaired) electrons. The van der Waals surface area contributed by atoms with Crippen LogP contribution in [0, 0.1) is 12.8 Å². The predicted octanol–water partition coefficient (Wildman–Crippen LogP) is 2.58. The summed E-state index contributed by atoms with van der Waals surface area (Å²) in [6, 6.07) is 10.2. The summed E-state index contributed by atoms with van der Waals surface area (Å²) in [4.78, 5) is 12.9. The van der Waals surface area contributed by atoms with Gasteiger partial charge in [0.05, 0.1) is 18.7 Å². The van der Waals surface area contributed by atoms with Gasteiger partial charge in [-0.3, -0.25) is 4.79 Å². The molecule has 30 heavy (non-hydrogen) atoms. The van der Waals surface area contributed by atoms with Crippen molar-refractivity contribution < 1.29 is 22.6 Å². The molecule has 158 valence electrons. The van der Waals surface area contributed by atoms with E-state index in [1.54, 1.807) is 18.2 Å². The molecule has 1 fully saturated rings. The van der Waals surface area contributed by atoms with Crippen molar-refractivity contribution in [3.8, 4) is 5.75 Å². The number of nitrogens with zero attached hydrogens (tertiary/aromatic N) is 3. The van der Waals surface area contributed by atoms with E-state index in [2.05, 4.69) is 20.3 Å². The first-order chi connectivity index (χ1) is 14.4. The molecule has 4 rings (SSSR count). The summed E-state index contributed by atoms with van der Waals surface area (Å²) in [6.45, 7) is 2.34. The van der Waals surface area contributed by atoms with Gasteiger partial charge < -0.3 is 10.1 Å². The predicted molar refractivity (Wildman–Crippen MR) is 110 cm³/mol. The van der Waals surface area contributed by atoms with Crippen LogP contribution in [0.1, 0.15) is 18.4 Å². The highest BCUT2D eigenvalue weighted by Crippen LogP contribution is 2.30. The summed E-state index contributed by atoms with van der Waals surface area (Å²) < 4.78 is 37.8. The van der Waals surface area contributed by atoms with E-state index in [4.69, 9.17) is 4.74 Å². The number of amides is 1. The molecule has 0 spiro atoms. The number of ether oxygens (including phenoxy) is 1. The maximum Gasteiger partial charge on any atom is 0.245 e. The van der Waals surface area contributed by atoms with E-state index in [0.717, 1.165) is 5.56 Å². The number of benzene rings is 2. The van der Waals surface area contributed by atoms with Crippen LogP contribution in [0.5, 0.6) is 5.75 Å². The normalized spacial score (nSPS) is 17.7. The molecule has 1 aliphatic rings. The van der Waals surface area contributed by atoms with Crippen LogP contribution in [-0.4, -0.2) is 49.1 Å². The SMILES string of the molecule is COc1ccc(C)cc1NC(=O)[C@H]1CCCN(S(=O)(=O)c2cccc3nonc23)C1. The number of sulfonamides is 1. The van der Waals surface area contributed by atoms with E-state index < -0.39 is 15.9 Å². The lowest BCUT2D eigenvalue weighted by molar-refractivity contribution is -0.120. The Morgan fingerprint density at radius 2 is 2.10 bits per heavy atom. The fourth-order valence-corrected chi connectivity index (χ4v) is 5.32. The van der Waals surface area contributed by atoms with Crippen LogP contribution in [0.25, 0.3) is 11.0 Å². The average molecular weight is 430 g/mol.